The number of hydrogen-bond donors (Lipinski definition) is 4. The summed E-state index contributed by atoms with van der Waals surface area (Å²) in [7, 11) is 0. The molecule has 2 aliphatic rings. The molecule has 4 N–H and O–H groups in total. The monoisotopic (exact) mass is 340 g/mol. The topological polar surface area (TPSA) is 150 Å². The number of ketones is 1. The molecule has 2 heterocycles. The van der Waals surface area contributed by atoms with Crippen molar-refractivity contribution in [3.63, 3.8) is 0 Å². The molecule has 9 nitrogen and oxygen atoms in total. The Labute approximate surface area is 137 Å². The number of carboxylic acid groups (broad SMARTS) is 2. The first-order valence-electron chi connectivity index (χ1n) is 7.91. The van der Waals surface area contributed by atoms with Gasteiger partial charge in [-0.05, 0) is 38.5 Å². The van der Waals surface area contributed by atoms with Crippen LogP contribution >= 0.6 is 0 Å². The van der Waals surface area contributed by atoms with Crippen LogP contribution in [-0.4, -0.2) is 51.8 Å². The summed E-state index contributed by atoms with van der Waals surface area (Å²) >= 11 is 0. The number of Topliss-reactive ketones (excluding diaryl/α,β-unsaturated/α-hetero) is 1. The predicted molar refractivity (Wildman–Crippen MR) is 78.8 cm³/mol. The maximum absolute atomic E-state index is 12.6. The SMILES string of the molecule is O=C(C1CCCC(C(=O)O)C(=O)N1)C1CCCC(C(=O)O)C(=O)N1. The van der Waals surface area contributed by atoms with E-state index in [1.165, 1.54) is 0 Å². The average molecular weight is 340 g/mol. The Morgan fingerprint density at radius 1 is 0.750 bits per heavy atom. The smallest absolute Gasteiger partial charge is 0.316 e. The fourth-order valence-electron chi connectivity index (χ4n) is 3.14. The lowest BCUT2D eigenvalue weighted by Gasteiger charge is -2.22. The lowest BCUT2D eigenvalue weighted by atomic mass is 9.97. The van der Waals surface area contributed by atoms with E-state index in [4.69, 9.17) is 10.2 Å². The molecule has 0 saturated carbocycles. The van der Waals surface area contributed by atoms with Crippen molar-refractivity contribution in [3.05, 3.63) is 0 Å². The molecule has 4 unspecified atom stereocenters. The van der Waals surface area contributed by atoms with Crippen molar-refractivity contribution in [2.75, 3.05) is 0 Å². The van der Waals surface area contributed by atoms with Crippen LogP contribution in [0.25, 0.3) is 0 Å². The second kappa shape index (κ2) is 7.41. The molecule has 0 aromatic carbocycles. The van der Waals surface area contributed by atoms with E-state index in [2.05, 4.69) is 10.6 Å². The second-order valence-corrected chi connectivity index (χ2v) is 6.17. The van der Waals surface area contributed by atoms with Gasteiger partial charge in [0.25, 0.3) is 0 Å². The largest absolute Gasteiger partial charge is 0.481 e. The number of carboxylic acids is 2. The van der Waals surface area contributed by atoms with E-state index in [0.29, 0.717) is 25.7 Å². The summed E-state index contributed by atoms with van der Waals surface area (Å²) < 4.78 is 0. The molecule has 0 bridgehead atoms. The van der Waals surface area contributed by atoms with Crippen molar-refractivity contribution in [1.29, 1.82) is 0 Å². The molecule has 9 heteroatoms. The van der Waals surface area contributed by atoms with Gasteiger partial charge < -0.3 is 20.8 Å². The van der Waals surface area contributed by atoms with Gasteiger partial charge in [0.15, 0.2) is 5.78 Å². The van der Waals surface area contributed by atoms with Crippen molar-refractivity contribution >= 4 is 29.5 Å². The first-order chi connectivity index (χ1) is 11.3. The van der Waals surface area contributed by atoms with Gasteiger partial charge in [-0.15, -0.1) is 0 Å². The normalized spacial score (nSPS) is 31.2. The number of rotatable bonds is 4. The molecule has 2 saturated heterocycles. The summed E-state index contributed by atoms with van der Waals surface area (Å²) in [6.45, 7) is 0. The Morgan fingerprint density at radius 2 is 1.12 bits per heavy atom. The van der Waals surface area contributed by atoms with Crippen LogP contribution in [0.5, 0.6) is 0 Å². The highest BCUT2D eigenvalue weighted by Crippen LogP contribution is 2.21. The first-order valence-corrected chi connectivity index (χ1v) is 7.91. The molecule has 0 aromatic rings. The van der Waals surface area contributed by atoms with E-state index in [9.17, 15) is 24.0 Å². The summed E-state index contributed by atoms with van der Waals surface area (Å²) in [5.41, 5.74) is 0. The van der Waals surface area contributed by atoms with Gasteiger partial charge in [0.2, 0.25) is 11.8 Å². The van der Waals surface area contributed by atoms with Crippen LogP contribution in [0.15, 0.2) is 0 Å². The number of amides is 2. The van der Waals surface area contributed by atoms with Gasteiger partial charge >= 0.3 is 11.9 Å². The Balaban J connectivity index is 2.05. The number of nitrogens with one attached hydrogen (secondary N) is 2. The Bertz CT molecular complexity index is 526. The van der Waals surface area contributed by atoms with Gasteiger partial charge in [-0.25, -0.2) is 0 Å². The molecule has 24 heavy (non-hydrogen) atoms. The number of carbonyl (C=O) groups is 5. The van der Waals surface area contributed by atoms with Gasteiger partial charge in [-0.3, -0.25) is 24.0 Å². The third-order valence-corrected chi connectivity index (χ3v) is 4.52. The van der Waals surface area contributed by atoms with Crippen LogP contribution in [-0.2, 0) is 24.0 Å². The van der Waals surface area contributed by atoms with Crippen LogP contribution in [0.4, 0.5) is 0 Å². The molecule has 0 spiro atoms. The predicted octanol–water partition coefficient (Wildman–Crippen LogP) is -0.705. The molecule has 2 rings (SSSR count). The van der Waals surface area contributed by atoms with Gasteiger partial charge in [0.05, 0.1) is 12.1 Å². The second-order valence-electron chi connectivity index (χ2n) is 6.17. The van der Waals surface area contributed by atoms with E-state index in [1.807, 2.05) is 0 Å². The quantitative estimate of drug-likeness (QED) is 0.494. The van der Waals surface area contributed by atoms with E-state index in [1.54, 1.807) is 0 Å². The van der Waals surface area contributed by atoms with Gasteiger partial charge in [0, 0.05) is 0 Å². The summed E-state index contributed by atoms with van der Waals surface area (Å²) in [6.07, 6.45) is 1.69. The minimum Gasteiger partial charge on any atom is -0.481 e. The van der Waals surface area contributed by atoms with Crippen LogP contribution in [0.3, 0.4) is 0 Å². The lowest BCUT2D eigenvalue weighted by Crippen LogP contribution is -2.52. The molecule has 0 aromatic heterocycles. The molecular weight excluding hydrogens is 320 g/mol. The molecule has 2 fully saturated rings. The zero-order valence-corrected chi connectivity index (χ0v) is 13.0. The van der Waals surface area contributed by atoms with Crippen LogP contribution in [0.1, 0.15) is 38.5 Å². The molecule has 0 aliphatic carbocycles. The van der Waals surface area contributed by atoms with E-state index < -0.39 is 53.5 Å². The molecule has 0 radical (unpaired) electrons. The molecule has 2 aliphatic heterocycles. The molecule has 2 amide bonds. The van der Waals surface area contributed by atoms with Crippen LogP contribution < -0.4 is 10.6 Å². The first kappa shape index (κ1) is 17.9. The minimum absolute atomic E-state index is 0.156. The maximum Gasteiger partial charge on any atom is 0.316 e. The van der Waals surface area contributed by atoms with E-state index in [0.717, 1.165) is 0 Å². The Hall–Kier alpha value is -2.45. The summed E-state index contributed by atoms with van der Waals surface area (Å²) in [5, 5.41) is 22.9. The van der Waals surface area contributed by atoms with Gasteiger partial charge in [0.1, 0.15) is 11.8 Å². The maximum atomic E-state index is 12.6. The van der Waals surface area contributed by atoms with E-state index >= 15 is 0 Å². The van der Waals surface area contributed by atoms with Crippen molar-refractivity contribution < 1.29 is 34.2 Å². The number of hydrogen-bond acceptors (Lipinski definition) is 5. The van der Waals surface area contributed by atoms with Crippen molar-refractivity contribution in [2.45, 2.75) is 50.6 Å². The average Bonchev–Trinajstić information content (AvgIpc) is 2.82. The zero-order valence-electron chi connectivity index (χ0n) is 13.0. The third-order valence-electron chi connectivity index (χ3n) is 4.52. The number of carbonyl (C=O) groups excluding carboxylic acids is 3. The highest BCUT2D eigenvalue weighted by Gasteiger charge is 2.38. The lowest BCUT2D eigenvalue weighted by molar-refractivity contribution is -0.148. The van der Waals surface area contributed by atoms with Crippen molar-refractivity contribution in [2.24, 2.45) is 11.8 Å². The van der Waals surface area contributed by atoms with Crippen LogP contribution in [0, 0.1) is 11.8 Å². The van der Waals surface area contributed by atoms with Crippen molar-refractivity contribution in [1.82, 2.24) is 10.6 Å². The fourth-order valence-corrected chi connectivity index (χ4v) is 3.14. The standard InChI is InChI=1S/C15H20N2O7/c18-11(9-5-1-3-7(14(21)22)12(19)16-9)10-6-2-4-8(15(23)24)13(20)17-10/h7-10H,1-6H2,(H,16,19)(H,17,20)(H,21,22)(H,23,24). The van der Waals surface area contributed by atoms with Gasteiger partial charge in [-0.2, -0.15) is 0 Å². The minimum atomic E-state index is -1.23. The van der Waals surface area contributed by atoms with E-state index in [-0.39, 0.29) is 12.8 Å². The third kappa shape index (κ3) is 3.90. The molecule has 4 atom stereocenters. The van der Waals surface area contributed by atoms with Crippen molar-refractivity contribution in [3.8, 4) is 0 Å². The van der Waals surface area contributed by atoms with Crippen LogP contribution in [0.2, 0.25) is 0 Å². The fraction of sp³-hybridized carbons (Fsp3) is 0.667. The highest BCUT2D eigenvalue weighted by molar-refractivity contribution is 6.03. The zero-order chi connectivity index (χ0) is 17.9. The molecule has 132 valence electrons. The Kier molecular flexibility index (Phi) is 5.53. The summed E-state index contributed by atoms with van der Waals surface area (Å²) in [5.74, 6) is -6.64. The van der Waals surface area contributed by atoms with Gasteiger partial charge in [-0.1, -0.05) is 0 Å². The summed E-state index contributed by atoms with van der Waals surface area (Å²) in [4.78, 5) is 58.5. The Morgan fingerprint density at radius 3 is 1.46 bits per heavy atom. The highest BCUT2D eigenvalue weighted by atomic mass is 16.4. The summed E-state index contributed by atoms with van der Waals surface area (Å²) in [6, 6.07) is -1.73. The number of aliphatic carboxylic acids is 2. The molecular formula is C15H20N2O7.